The summed E-state index contributed by atoms with van der Waals surface area (Å²) in [7, 11) is 3.70. The zero-order valence-electron chi connectivity index (χ0n) is 13.1. The molecule has 1 N–H and O–H groups in total. The maximum atomic E-state index is 14.0. The molecule has 1 atom stereocenters. The summed E-state index contributed by atoms with van der Waals surface area (Å²) >= 11 is 6.00. The van der Waals surface area contributed by atoms with Gasteiger partial charge in [0.2, 0.25) is 0 Å². The van der Waals surface area contributed by atoms with E-state index in [-0.39, 0.29) is 17.5 Å². The molecule has 1 aromatic rings. The topological polar surface area (TPSA) is 21.3 Å². The Kier molecular flexibility index (Phi) is 5.64. The second-order valence-corrected chi connectivity index (χ2v) is 6.67. The van der Waals surface area contributed by atoms with Crippen molar-refractivity contribution in [1.82, 2.24) is 5.32 Å². The summed E-state index contributed by atoms with van der Waals surface area (Å²) in [6, 6.07) is 4.83. The second kappa shape index (κ2) is 7.08. The van der Waals surface area contributed by atoms with Crippen molar-refractivity contribution in [2.75, 3.05) is 14.2 Å². The normalized spacial score (nSPS) is 27.6. The first kappa shape index (κ1) is 16.7. The Balaban J connectivity index is 2.19. The smallest absolute Gasteiger partial charge is 0.126 e. The molecule has 0 aromatic heterocycles. The predicted octanol–water partition coefficient (Wildman–Crippen LogP) is 4.20. The molecule has 21 heavy (non-hydrogen) atoms. The number of hydrogen-bond donors (Lipinski definition) is 1. The molecule has 0 radical (unpaired) electrons. The van der Waals surface area contributed by atoms with Crippen LogP contribution in [0.2, 0.25) is 5.02 Å². The summed E-state index contributed by atoms with van der Waals surface area (Å²) in [6.07, 6.45) is 4.93. The highest BCUT2D eigenvalue weighted by Gasteiger charge is 2.41. The number of halogens is 2. The first-order valence-corrected chi connectivity index (χ1v) is 8.05. The maximum absolute atomic E-state index is 14.0. The number of likely N-dealkylation sites (N-methyl/N-ethyl adjacent to an activating group) is 1. The van der Waals surface area contributed by atoms with Crippen LogP contribution in [0.4, 0.5) is 4.39 Å². The lowest BCUT2D eigenvalue weighted by atomic mass is 9.74. The molecule has 1 saturated carbocycles. The van der Waals surface area contributed by atoms with E-state index < -0.39 is 0 Å². The number of nitrogens with one attached hydrogen (secondary N) is 1. The van der Waals surface area contributed by atoms with E-state index in [1.165, 1.54) is 6.07 Å². The van der Waals surface area contributed by atoms with E-state index in [4.69, 9.17) is 16.3 Å². The largest absolute Gasteiger partial charge is 0.377 e. The van der Waals surface area contributed by atoms with Crippen LogP contribution in [0, 0.1) is 11.7 Å². The van der Waals surface area contributed by atoms with Crippen molar-refractivity contribution in [2.24, 2.45) is 5.92 Å². The Morgan fingerprint density at radius 2 is 2.10 bits per heavy atom. The van der Waals surface area contributed by atoms with Crippen molar-refractivity contribution in [1.29, 1.82) is 0 Å². The summed E-state index contributed by atoms with van der Waals surface area (Å²) in [5.41, 5.74) is 0.438. The molecule has 118 valence electrons. The van der Waals surface area contributed by atoms with Gasteiger partial charge < -0.3 is 10.1 Å². The first-order chi connectivity index (χ1) is 10.0. The van der Waals surface area contributed by atoms with Gasteiger partial charge in [-0.2, -0.15) is 0 Å². The Labute approximate surface area is 132 Å². The molecule has 0 aliphatic heterocycles. The summed E-state index contributed by atoms with van der Waals surface area (Å²) in [6.45, 7) is 2.28. The molecule has 0 saturated heterocycles. The van der Waals surface area contributed by atoms with E-state index in [9.17, 15) is 4.39 Å². The number of rotatable bonds is 5. The molecule has 2 rings (SSSR count). The van der Waals surface area contributed by atoms with Crippen LogP contribution in [0.3, 0.4) is 0 Å². The minimum Gasteiger partial charge on any atom is -0.377 e. The summed E-state index contributed by atoms with van der Waals surface area (Å²) < 4.78 is 19.9. The average molecular weight is 314 g/mol. The highest BCUT2D eigenvalue weighted by Crippen LogP contribution is 2.38. The molecule has 1 aliphatic carbocycles. The highest BCUT2D eigenvalue weighted by atomic mass is 35.5. The molecular formula is C17H25ClFNO. The minimum absolute atomic E-state index is 0.0861. The fourth-order valence-electron chi connectivity index (χ4n) is 3.42. The van der Waals surface area contributed by atoms with E-state index in [0.717, 1.165) is 31.6 Å². The van der Waals surface area contributed by atoms with Crippen LogP contribution >= 0.6 is 11.6 Å². The Bertz CT molecular complexity index is 472. The predicted molar refractivity (Wildman–Crippen MR) is 85.3 cm³/mol. The van der Waals surface area contributed by atoms with Gasteiger partial charge in [0.15, 0.2) is 0 Å². The van der Waals surface area contributed by atoms with Crippen LogP contribution in [0.25, 0.3) is 0 Å². The molecular weight excluding hydrogens is 289 g/mol. The molecule has 4 heteroatoms. The third kappa shape index (κ3) is 3.77. The summed E-state index contributed by atoms with van der Waals surface area (Å²) in [5, 5.41) is 3.91. The molecule has 0 bridgehead atoms. The molecule has 1 aliphatic rings. The molecule has 0 heterocycles. The van der Waals surface area contributed by atoms with Crippen LogP contribution < -0.4 is 5.32 Å². The van der Waals surface area contributed by atoms with Gasteiger partial charge in [0, 0.05) is 18.2 Å². The number of benzene rings is 1. The van der Waals surface area contributed by atoms with Crippen LogP contribution in [0.1, 0.15) is 38.2 Å². The lowest BCUT2D eigenvalue weighted by molar-refractivity contribution is -0.0731. The Morgan fingerprint density at radius 3 is 2.67 bits per heavy atom. The Morgan fingerprint density at radius 1 is 1.43 bits per heavy atom. The monoisotopic (exact) mass is 313 g/mol. The fourth-order valence-corrected chi connectivity index (χ4v) is 3.61. The third-order valence-electron chi connectivity index (χ3n) is 4.94. The standard InChI is InChI=1S/C17H25ClFNO/c1-12-6-8-17(21-3,9-7-12)16(20-2)11-13-10-14(18)4-5-15(13)19/h4-5,10,12,16,20H,6-9,11H2,1-3H3. The van der Waals surface area contributed by atoms with Gasteiger partial charge in [-0.1, -0.05) is 18.5 Å². The van der Waals surface area contributed by atoms with E-state index in [1.807, 2.05) is 7.05 Å². The zero-order chi connectivity index (χ0) is 15.5. The van der Waals surface area contributed by atoms with E-state index in [0.29, 0.717) is 17.0 Å². The SMILES string of the molecule is CNC(Cc1cc(Cl)ccc1F)C1(OC)CCC(C)CC1. The van der Waals surface area contributed by atoms with Crippen molar-refractivity contribution in [3.8, 4) is 0 Å². The molecule has 0 amide bonds. The van der Waals surface area contributed by atoms with Crippen molar-refractivity contribution >= 4 is 11.6 Å². The van der Waals surface area contributed by atoms with Gasteiger partial charge in [0.05, 0.1) is 5.60 Å². The maximum Gasteiger partial charge on any atom is 0.126 e. The average Bonchev–Trinajstić information content (AvgIpc) is 2.49. The van der Waals surface area contributed by atoms with Crippen LogP contribution in [0.15, 0.2) is 18.2 Å². The number of ether oxygens (including phenoxy) is 1. The van der Waals surface area contributed by atoms with Crippen LogP contribution in [0.5, 0.6) is 0 Å². The van der Waals surface area contributed by atoms with Crippen LogP contribution in [-0.2, 0) is 11.2 Å². The van der Waals surface area contributed by atoms with Gasteiger partial charge in [-0.3, -0.25) is 0 Å². The van der Waals surface area contributed by atoms with E-state index >= 15 is 0 Å². The summed E-state index contributed by atoms with van der Waals surface area (Å²) in [5.74, 6) is 0.545. The minimum atomic E-state index is -0.212. The van der Waals surface area contributed by atoms with Crippen molar-refractivity contribution < 1.29 is 9.13 Å². The number of hydrogen-bond acceptors (Lipinski definition) is 2. The zero-order valence-corrected chi connectivity index (χ0v) is 13.8. The van der Waals surface area contributed by atoms with Gasteiger partial charge in [0.1, 0.15) is 5.82 Å². The molecule has 1 fully saturated rings. The van der Waals surface area contributed by atoms with E-state index in [1.54, 1.807) is 19.2 Å². The quantitative estimate of drug-likeness (QED) is 0.879. The van der Waals surface area contributed by atoms with Crippen molar-refractivity contribution in [2.45, 2.75) is 50.7 Å². The van der Waals surface area contributed by atoms with Crippen molar-refractivity contribution in [3.63, 3.8) is 0 Å². The Hall–Kier alpha value is -0.640. The van der Waals surface area contributed by atoms with Gasteiger partial charge in [-0.25, -0.2) is 4.39 Å². The lowest BCUT2D eigenvalue weighted by Crippen LogP contribution is -2.54. The highest BCUT2D eigenvalue weighted by molar-refractivity contribution is 6.30. The molecule has 0 spiro atoms. The van der Waals surface area contributed by atoms with Gasteiger partial charge >= 0.3 is 0 Å². The van der Waals surface area contributed by atoms with Gasteiger partial charge in [0.25, 0.3) is 0 Å². The van der Waals surface area contributed by atoms with Gasteiger partial charge in [-0.15, -0.1) is 0 Å². The van der Waals surface area contributed by atoms with Gasteiger partial charge in [-0.05, 0) is 68.8 Å². The second-order valence-electron chi connectivity index (χ2n) is 6.23. The third-order valence-corrected chi connectivity index (χ3v) is 5.18. The lowest BCUT2D eigenvalue weighted by Gasteiger charge is -2.44. The summed E-state index contributed by atoms with van der Waals surface area (Å²) in [4.78, 5) is 0. The molecule has 2 nitrogen and oxygen atoms in total. The molecule has 1 aromatic carbocycles. The number of methoxy groups -OCH3 is 1. The first-order valence-electron chi connectivity index (χ1n) is 7.67. The van der Waals surface area contributed by atoms with E-state index in [2.05, 4.69) is 12.2 Å². The van der Waals surface area contributed by atoms with Crippen LogP contribution in [-0.4, -0.2) is 25.8 Å². The fraction of sp³-hybridized carbons (Fsp3) is 0.647. The van der Waals surface area contributed by atoms with Crippen molar-refractivity contribution in [3.05, 3.63) is 34.6 Å². The molecule has 1 unspecified atom stereocenters.